The third-order valence-corrected chi connectivity index (χ3v) is 3.25. The fraction of sp³-hybridized carbons (Fsp3) is 1.00. The smallest absolute Gasteiger partial charge is 0.0667 e. The van der Waals surface area contributed by atoms with Gasteiger partial charge in [-0.1, -0.05) is 0 Å². The molecule has 3 heteroatoms. The summed E-state index contributed by atoms with van der Waals surface area (Å²) in [5, 5.41) is 12.9. The summed E-state index contributed by atoms with van der Waals surface area (Å²) >= 11 is 0. The van der Waals surface area contributed by atoms with Crippen molar-refractivity contribution in [2.75, 3.05) is 26.2 Å². The van der Waals surface area contributed by atoms with Crippen LogP contribution in [0, 0.1) is 0 Å². The van der Waals surface area contributed by atoms with E-state index in [9.17, 15) is 5.11 Å². The molecule has 0 unspecified atom stereocenters. The van der Waals surface area contributed by atoms with Gasteiger partial charge in [-0.15, -0.1) is 0 Å². The van der Waals surface area contributed by atoms with E-state index in [4.69, 9.17) is 0 Å². The molecule has 0 spiro atoms. The lowest BCUT2D eigenvalue weighted by Crippen LogP contribution is -2.48. The molecule has 2 aliphatic heterocycles. The SMILES string of the molecule is O[C@@H]1CCCN(C2CCNCC2)C1. The summed E-state index contributed by atoms with van der Waals surface area (Å²) in [6.45, 7) is 4.40. The molecule has 0 aliphatic carbocycles. The lowest BCUT2D eigenvalue weighted by Gasteiger charge is -2.38. The molecule has 2 saturated heterocycles. The molecular formula is C10H20N2O. The first-order chi connectivity index (χ1) is 6.36. The summed E-state index contributed by atoms with van der Waals surface area (Å²) in [4.78, 5) is 2.48. The summed E-state index contributed by atoms with van der Waals surface area (Å²) in [7, 11) is 0. The van der Waals surface area contributed by atoms with Gasteiger partial charge in [0.15, 0.2) is 0 Å². The molecule has 0 bridgehead atoms. The molecule has 2 rings (SSSR count). The van der Waals surface area contributed by atoms with E-state index in [2.05, 4.69) is 10.2 Å². The summed E-state index contributed by atoms with van der Waals surface area (Å²) in [6, 6.07) is 0.733. The lowest BCUT2D eigenvalue weighted by atomic mass is 10.00. The molecule has 0 saturated carbocycles. The topological polar surface area (TPSA) is 35.5 Å². The molecule has 2 fully saturated rings. The quantitative estimate of drug-likeness (QED) is 0.611. The third kappa shape index (κ3) is 2.42. The number of hydrogen-bond donors (Lipinski definition) is 2. The van der Waals surface area contributed by atoms with Crippen molar-refractivity contribution in [3.8, 4) is 0 Å². The van der Waals surface area contributed by atoms with Gasteiger partial charge in [-0.05, 0) is 45.3 Å². The molecule has 3 nitrogen and oxygen atoms in total. The Labute approximate surface area is 80.1 Å². The first-order valence-corrected chi connectivity index (χ1v) is 5.49. The highest BCUT2D eigenvalue weighted by Crippen LogP contribution is 2.18. The number of likely N-dealkylation sites (tertiary alicyclic amines) is 1. The van der Waals surface area contributed by atoms with Crippen molar-refractivity contribution in [2.45, 2.75) is 37.8 Å². The van der Waals surface area contributed by atoms with Crippen LogP contribution in [0.3, 0.4) is 0 Å². The van der Waals surface area contributed by atoms with Crippen LogP contribution in [0.1, 0.15) is 25.7 Å². The van der Waals surface area contributed by atoms with Gasteiger partial charge < -0.3 is 10.4 Å². The van der Waals surface area contributed by atoms with Crippen molar-refractivity contribution in [1.29, 1.82) is 0 Å². The molecule has 2 aliphatic rings. The molecule has 2 N–H and O–H groups in total. The number of piperidine rings is 2. The van der Waals surface area contributed by atoms with Crippen LogP contribution in [0.25, 0.3) is 0 Å². The molecule has 0 aromatic rings. The van der Waals surface area contributed by atoms with Gasteiger partial charge in [0.25, 0.3) is 0 Å². The second kappa shape index (κ2) is 4.40. The van der Waals surface area contributed by atoms with Crippen LogP contribution in [-0.4, -0.2) is 48.3 Å². The minimum atomic E-state index is -0.0661. The van der Waals surface area contributed by atoms with Gasteiger partial charge in [0.05, 0.1) is 6.10 Å². The number of β-amino-alcohol motifs (C(OH)–C–C–N with tert-alkyl or cyclic N) is 1. The van der Waals surface area contributed by atoms with Gasteiger partial charge >= 0.3 is 0 Å². The Morgan fingerprint density at radius 1 is 1.15 bits per heavy atom. The summed E-state index contributed by atoms with van der Waals surface area (Å²) < 4.78 is 0. The number of hydrogen-bond acceptors (Lipinski definition) is 3. The Balaban J connectivity index is 1.83. The maximum atomic E-state index is 9.55. The van der Waals surface area contributed by atoms with Crippen LogP contribution in [0.2, 0.25) is 0 Å². The highest BCUT2D eigenvalue weighted by Gasteiger charge is 2.25. The van der Waals surface area contributed by atoms with Crippen LogP contribution in [0.4, 0.5) is 0 Å². The molecule has 0 aromatic carbocycles. The first-order valence-electron chi connectivity index (χ1n) is 5.49. The normalized spacial score (nSPS) is 33.5. The molecule has 0 radical (unpaired) electrons. The second-order valence-electron chi connectivity index (χ2n) is 4.27. The zero-order valence-corrected chi connectivity index (χ0v) is 8.21. The highest BCUT2D eigenvalue weighted by atomic mass is 16.3. The van der Waals surface area contributed by atoms with E-state index in [0.717, 1.165) is 32.1 Å². The van der Waals surface area contributed by atoms with Crippen molar-refractivity contribution < 1.29 is 5.11 Å². The molecule has 13 heavy (non-hydrogen) atoms. The minimum Gasteiger partial charge on any atom is -0.392 e. The van der Waals surface area contributed by atoms with E-state index in [-0.39, 0.29) is 6.10 Å². The maximum Gasteiger partial charge on any atom is 0.0667 e. The van der Waals surface area contributed by atoms with Crippen molar-refractivity contribution in [2.24, 2.45) is 0 Å². The van der Waals surface area contributed by atoms with E-state index in [1.165, 1.54) is 25.8 Å². The van der Waals surface area contributed by atoms with Gasteiger partial charge in [-0.25, -0.2) is 0 Å². The van der Waals surface area contributed by atoms with Crippen molar-refractivity contribution in [3.05, 3.63) is 0 Å². The van der Waals surface area contributed by atoms with Gasteiger partial charge in [-0.2, -0.15) is 0 Å². The number of aliphatic hydroxyl groups is 1. The Morgan fingerprint density at radius 3 is 2.62 bits per heavy atom. The molecule has 2 heterocycles. The summed E-state index contributed by atoms with van der Waals surface area (Å²) in [5.41, 5.74) is 0. The number of rotatable bonds is 1. The van der Waals surface area contributed by atoms with Crippen molar-refractivity contribution in [3.63, 3.8) is 0 Å². The molecule has 1 atom stereocenters. The van der Waals surface area contributed by atoms with E-state index in [1.807, 2.05) is 0 Å². The van der Waals surface area contributed by atoms with E-state index < -0.39 is 0 Å². The standard InChI is InChI=1S/C10H20N2O/c13-10-2-1-7-12(8-10)9-3-5-11-6-4-9/h9-11,13H,1-8H2/t10-/m1/s1. The van der Waals surface area contributed by atoms with Gasteiger partial charge in [0, 0.05) is 12.6 Å². The fourth-order valence-electron chi connectivity index (χ4n) is 2.49. The van der Waals surface area contributed by atoms with Gasteiger partial charge in [0.1, 0.15) is 0 Å². The Morgan fingerprint density at radius 2 is 1.92 bits per heavy atom. The van der Waals surface area contributed by atoms with E-state index in [1.54, 1.807) is 0 Å². The second-order valence-corrected chi connectivity index (χ2v) is 4.27. The number of nitrogens with zero attached hydrogens (tertiary/aromatic N) is 1. The van der Waals surface area contributed by atoms with Crippen LogP contribution >= 0.6 is 0 Å². The van der Waals surface area contributed by atoms with Crippen molar-refractivity contribution >= 4 is 0 Å². The van der Waals surface area contributed by atoms with Crippen molar-refractivity contribution in [1.82, 2.24) is 10.2 Å². The zero-order chi connectivity index (χ0) is 9.10. The number of aliphatic hydroxyl groups excluding tert-OH is 1. The van der Waals surface area contributed by atoms with Crippen LogP contribution in [0.15, 0.2) is 0 Å². The van der Waals surface area contributed by atoms with Crippen LogP contribution < -0.4 is 5.32 Å². The first kappa shape index (κ1) is 9.44. The minimum absolute atomic E-state index is 0.0661. The maximum absolute atomic E-state index is 9.55. The van der Waals surface area contributed by atoms with Gasteiger partial charge in [-0.3, -0.25) is 4.90 Å². The number of nitrogens with one attached hydrogen (secondary N) is 1. The highest BCUT2D eigenvalue weighted by molar-refractivity contribution is 4.82. The average molecular weight is 184 g/mol. The van der Waals surface area contributed by atoms with E-state index in [0.29, 0.717) is 0 Å². The summed E-state index contributed by atoms with van der Waals surface area (Å²) in [5.74, 6) is 0. The van der Waals surface area contributed by atoms with E-state index >= 15 is 0 Å². The average Bonchev–Trinajstić information content (AvgIpc) is 2.19. The predicted octanol–water partition coefficient (Wildman–Crippen LogP) is 0.195. The monoisotopic (exact) mass is 184 g/mol. The zero-order valence-electron chi connectivity index (χ0n) is 8.21. The largest absolute Gasteiger partial charge is 0.392 e. The lowest BCUT2D eigenvalue weighted by molar-refractivity contribution is 0.0381. The molecular weight excluding hydrogens is 164 g/mol. The van der Waals surface area contributed by atoms with Crippen LogP contribution in [-0.2, 0) is 0 Å². The third-order valence-electron chi connectivity index (χ3n) is 3.25. The Bertz CT molecular complexity index is 157. The van der Waals surface area contributed by atoms with Crippen LogP contribution in [0.5, 0.6) is 0 Å². The molecule has 76 valence electrons. The Hall–Kier alpha value is -0.120. The molecule has 0 aromatic heterocycles. The molecule has 0 amide bonds. The predicted molar refractivity (Wildman–Crippen MR) is 52.7 cm³/mol. The summed E-state index contributed by atoms with van der Waals surface area (Å²) in [6.07, 6.45) is 4.62. The fourth-order valence-corrected chi connectivity index (χ4v) is 2.49. The van der Waals surface area contributed by atoms with Gasteiger partial charge in [0.2, 0.25) is 0 Å². The Kier molecular flexibility index (Phi) is 3.19.